The van der Waals surface area contributed by atoms with Crippen molar-refractivity contribution in [1.29, 1.82) is 0 Å². The number of aromatic nitrogens is 2. The number of halogens is 1. The third-order valence-corrected chi connectivity index (χ3v) is 4.30. The molecular formula is C15H20BrN3S. The van der Waals surface area contributed by atoms with E-state index in [1.165, 1.54) is 11.3 Å². The lowest BCUT2D eigenvalue weighted by Crippen LogP contribution is -2.34. The molecular weight excluding hydrogens is 334 g/mol. The van der Waals surface area contributed by atoms with Gasteiger partial charge in [0, 0.05) is 34.7 Å². The first-order valence-electron chi connectivity index (χ1n) is 6.91. The lowest BCUT2D eigenvalue weighted by molar-refractivity contribution is 0.500. The van der Waals surface area contributed by atoms with Gasteiger partial charge in [-0.15, -0.1) is 11.3 Å². The highest BCUT2D eigenvalue weighted by atomic mass is 79.9. The van der Waals surface area contributed by atoms with E-state index in [1.807, 2.05) is 12.4 Å². The van der Waals surface area contributed by atoms with Crippen molar-refractivity contribution in [2.45, 2.75) is 39.2 Å². The summed E-state index contributed by atoms with van der Waals surface area (Å²) in [6.07, 6.45) is 6.85. The van der Waals surface area contributed by atoms with Gasteiger partial charge >= 0.3 is 0 Å². The Bertz CT molecular complexity index is 541. The van der Waals surface area contributed by atoms with Crippen LogP contribution < -0.4 is 5.32 Å². The average molecular weight is 354 g/mol. The molecule has 2 rings (SSSR count). The zero-order valence-corrected chi connectivity index (χ0v) is 14.3. The molecule has 1 N–H and O–H groups in total. The van der Waals surface area contributed by atoms with Crippen molar-refractivity contribution in [2.75, 3.05) is 6.54 Å². The zero-order chi connectivity index (χ0) is 14.4. The van der Waals surface area contributed by atoms with Crippen LogP contribution in [-0.4, -0.2) is 22.6 Å². The molecule has 1 unspecified atom stereocenters. The number of pyridine rings is 1. The molecule has 108 valence electrons. The Morgan fingerprint density at radius 1 is 1.35 bits per heavy atom. The molecule has 1 atom stereocenters. The highest BCUT2D eigenvalue weighted by Crippen LogP contribution is 2.15. The Kier molecular flexibility index (Phi) is 6.13. The number of nitrogens with zero attached hydrogens (tertiary/aromatic N) is 2. The van der Waals surface area contributed by atoms with Crippen molar-refractivity contribution < 1.29 is 0 Å². The molecule has 0 aromatic carbocycles. The van der Waals surface area contributed by atoms with Crippen molar-refractivity contribution in [3.8, 4) is 0 Å². The predicted molar refractivity (Wildman–Crippen MR) is 88.3 cm³/mol. The smallest absolute Gasteiger partial charge is 0.0897 e. The fourth-order valence-electron chi connectivity index (χ4n) is 2.17. The lowest BCUT2D eigenvalue weighted by Gasteiger charge is -2.17. The molecule has 0 aliphatic heterocycles. The Morgan fingerprint density at radius 2 is 2.20 bits per heavy atom. The molecule has 3 nitrogen and oxygen atoms in total. The quantitative estimate of drug-likeness (QED) is 0.823. The molecule has 2 heterocycles. The van der Waals surface area contributed by atoms with Crippen LogP contribution in [0.5, 0.6) is 0 Å². The molecule has 5 heteroatoms. The van der Waals surface area contributed by atoms with E-state index in [4.69, 9.17) is 0 Å². The minimum atomic E-state index is 0.410. The Balaban J connectivity index is 2.02. The summed E-state index contributed by atoms with van der Waals surface area (Å²) in [6, 6.07) is 2.55. The van der Waals surface area contributed by atoms with E-state index in [0.717, 1.165) is 35.3 Å². The van der Waals surface area contributed by atoms with Crippen LogP contribution in [0.1, 0.15) is 29.6 Å². The van der Waals surface area contributed by atoms with Crippen LogP contribution in [0, 0.1) is 6.92 Å². The number of thiazole rings is 1. The fourth-order valence-corrected chi connectivity index (χ4v) is 3.21. The highest BCUT2D eigenvalue weighted by molar-refractivity contribution is 9.10. The van der Waals surface area contributed by atoms with Crippen LogP contribution in [-0.2, 0) is 12.8 Å². The van der Waals surface area contributed by atoms with Gasteiger partial charge in [-0.05, 0) is 53.9 Å². The minimum absolute atomic E-state index is 0.410. The zero-order valence-electron chi connectivity index (χ0n) is 11.9. The normalized spacial score (nSPS) is 12.6. The maximum atomic E-state index is 4.57. The van der Waals surface area contributed by atoms with Crippen molar-refractivity contribution in [2.24, 2.45) is 0 Å². The molecule has 0 aliphatic carbocycles. The molecule has 20 heavy (non-hydrogen) atoms. The van der Waals surface area contributed by atoms with E-state index in [9.17, 15) is 0 Å². The maximum Gasteiger partial charge on any atom is 0.0897 e. The van der Waals surface area contributed by atoms with E-state index < -0.39 is 0 Å². The third-order valence-electron chi connectivity index (χ3n) is 3.05. The van der Waals surface area contributed by atoms with Crippen LogP contribution >= 0.6 is 27.3 Å². The second-order valence-corrected chi connectivity index (χ2v) is 6.91. The van der Waals surface area contributed by atoms with E-state index in [0.29, 0.717) is 6.04 Å². The fraction of sp³-hybridized carbons (Fsp3) is 0.467. The van der Waals surface area contributed by atoms with Gasteiger partial charge in [0.2, 0.25) is 0 Å². The summed E-state index contributed by atoms with van der Waals surface area (Å²) >= 11 is 5.20. The molecule has 0 fully saturated rings. The lowest BCUT2D eigenvalue weighted by atomic mass is 10.0. The second kappa shape index (κ2) is 7.86. The summed E-state index contributed by atoms with van der Waals surface area (Å²) in [7, 11) is 0. The summed E-state index contributed by atoms with van der Waals surface area (Å²) in [5.74, 6) is 0. The van der Waals surface area contributed by atoms with Crippen LogP contribution in [0.25, 0.3) is 0 Å². The van der Waals surface area contributed by atoms with Gasteiger partial charge in [-0.25, -0.2) is 4.98 Å². The summed E-state index contributed by atoms with van der Waals surface area (Å²) in [4.78, 5) is 8.81. The number of rotatable bonds is 7. The van der Waals surface area contributed by atoms with Crippen molar-refractivity contribution in [3.05, 3.63) is 44.6 Å². The van der Waals surface area contributed by atoms with E-state index in [2.05, 4.69) is 56.5 Å². The maximum absolute atomic E-state index is 4.57. The average Bonchev–Trinajstić information content (AvgIpc) is 2.81. The molecule has 0 saturated heterocycles. The van der Waals surface area contributed by atoms with Crippen LogP contribution in [0.4, 0.5) is 0 Å². The van der Waals surface area contributed by atoms with Crippen LogP contribution in [0.15, 0.2) is 28.3 Å². The topological polar surface area (TPSA) is 37.8 Å². The first-order chi connectivity index (χ1) is 9.67. The summed E-state index contributed by atoms with van der Waals surface area (Å²) in [5, 5.41) is 6.92. The SMILES string of the molecule is CCCNC(Cc1cncc(Br)c1)Cc1csc(C)n1. The molecule has 0 saturated carbocycles. The molecule has 2 aromatic rings. The first-order valence-corrected chi connectivity index (χ1v) is 8.58. The predicted octanol–water partition coefficient (Wildman–Crippen LogP) is 3.76. The van der Waals surface area contributed by atoms with Crippen molar-refractivity contribution in [3.63, 3.8) is 0 Å². The van der Waals surface area contributed by atoms with Gasteiger partial charge in [-0.3, -0.25) is 4.98 Å². The number of hydrogen-bond acceptors (Lipinski definition) is 4. The molecule has 0 bridgehead atoms. The summed E-state index contributed by atoms with van der Waals surface area (Å²) in [6.45, 7) is 5.29. The van der Waals surface area contributed by atoms with Crippen molar-refractivity contribution >= 4 is 27.3 Å². The van der Waals surface area contributed by atoms with E-state index in [-0.39, 0.29) is 0 Å². The van der Waals surface area contributed by atoms with Gasteiger partial charge in [0.15, 0.2) is 0 Å². The second-order valence-electron chi connectivity index (χ2n) is 4.93. The summed E-state index contributed by atoms with van der Waals surface area (Å²) in [5.41, 5.74) is 2.43. The van der Waals surface area contributed by atoms with E-state index >= 15 is 0 Å². The largest absolute Gasteiger partial charge is 0.313 e. The van der Waals surface area contributed by atoms with Gasteiger partial charge in [0.25, 0.3) is 0 Å². The standard InChI is InChI=1S/C15H20BrN3S/c1-3-4-18-14(7-15-10-20-11(2)19-15)6-12-5-13(16)9-17-8-12/h5,8-10,14,18H,3-4,6-7H2,1-2H3. The van der Waals surface area contributed by atoms with Gasteiger partial charge in [-0.2, -0.15) is 0 Å². The van der Waals surface area contributed by atoms with Gasteiger partial charge in [-0.1, -0.05) is 6.92 Å². The Labute approximate surface area is 133 Å². The third kappa shape index (κ3) is 4.96. The molecule has 0 amide bonds. The van der Waals surface area contributed by atoms with Crippen LogP contribution in [0.2, 0.25) is 0 Å². The monoisotopic (exact) mass is 353 g/mol. The first kappa shape index (κ1) is 15.6. The number of nitrogens with one attached hydrogen (secondary N) is 1. The number of aryl methyl sites for hydroxylation is 1. The molecule has 0 aliphatic rings. The Morgan fingerprint density at radius 3 is 2.85 bits per heavy atom. The molecule has 2 aromatic heterocycles. The number of hydrogen-bond donors (Lipinski definition) is 1. The van der Waals surface area contributed by atoms with Gasteiger partial charge < -0.3 is 5.32 Å². The Hall–Kier alpha value is -0.780. The van der Waals surface area contributed by atoms with Gasteiger partial charge in [0.1, 0.15) is 0 Å². The molecule has 0 spiro atoms. The minimum Gasteiger partial charge on any atom is -0.313 e. The van der Waals surface area contributed by atoms with Crippen molar-refractivity contribution in [1.82, 2.24) is 15.3 Å². The van der Waals surface area contributed by atoms with Crippen LogP contribution in [0.3, 0.4) is 0 Å². The van der Waals surface area contributed by atoms with Gasteiger partial charge in [0.05, 0.1) is 10.7 Å². The highest BCUT2D eigenvalue weighted by Gasteiger charge is 2.12. The summed E-state index contributed by atoms with van der Waals surface area (Å²) < 4.78 is 1.04. The van der Waals surface area contributed by atoms with E-state index in [1.54, 1.807) is 11.3 Å². The molecule has 0 radical (unpaired) electrons.